The summed E-state index contributed by atoms with van der Waals surface area (Å²) in [6.45, 7) is 0. The Morgan fingerprint density at radius 2 is 1.28 bits per heavy atom. The fraction of sp³-hybridized carbons (Fsp3) is 0.750. The van der Waals surface area contributed by atoms with Gasteiger partial charge in [-0.3, -0.25) is 0 Å². The quantitative estimate of drug-likeness (QED) is 0.586. The Labute approximate surface area is 173 Å². The second kappa shape index (κ2) is 9.97. The molecule has 0 radical (unpaired) electrons. The Balaban J connectivity index is 0.00000113. The minimum absolute atomic E-state index is 0. The van der Waals surface area contributed by atoms with Gasteiger partial charge in [-0.2, -0.15) is 0 Å². The molecule has 5 heteroatoms. The van der Waals surface area contributed by atoms with Crippen molar-refractivity contribution in [2.45, 2.75) is 87.7 Å². The van der Waals surface area contributed by atoms with Gasteiger partial charge in [0.1, 0.15) is 0 Å². The molecule has 0 N–H and O–H groups in total. The van der Waals surface area contributed by atoms with E-state index < -0.39 is 19.5 Å². The fourth-order valence-electron chi connectivity index (χ4n) is 5.08. The van der Waals surface area contributed by atoms with E-state index in [2.05, 4.69) is 0 Å². The summed E-state index contributed by atoms with van der Waals surface area (Å²) in [5, 5.41) is 0. The Hall–Kier alpha value is 0.244. The van der Waals surface area contributed by atoms with E-state index >= 15 is 0 Å². The van der Waals surface area contributed by atoms with Crippen LogP contribution in [0.4, 0.5) is 0 Å². The van der Waals surface area contributed by atoms with Crippen molar-refractivity contribution in [3.05, 3.63) is 22.3 Å². The van der Waals surface area contributed by atoms with Gasteiger partial charge < -0.3 is 24.8 Å². The van der Waals surface area contributed by atoms with E-state index in [0.29, 0.717) is 4.22 Å². The van der Waals surface area contributed by atoms with Gasteiger partial charge in [-0.25, -0.2) is 0 Å². The van der Waals surface area contributed by atoms with E-state index in [9.17, 15) is 4.79 Å². The van der Waals surface area contributed by atoms with Gasteiger partial charge in [0.2, 0.25) is 0 Å². The number of rotatable bonds is 3. The molecular weight excluding hydrogens is 391 g/mol. The van der Waals surface area contributed by atoms with Gasteiger partial charge in [0.25, 0.3) is 0 Å². The first-order valence-electron chi connectivity index (χ1n) is 9.75. The van der Waals surface area contributed by atoms with Crippen molar-refractivity contribution in [2.75, 3.05) is 0 Å². The van der Waals surface area contributed by atoms with Crippen LogP contribution < -0.4 is 24.8 Å². The molecule has 0 aliphatic heterocycles. The van der Waals surface area contributed by atoms with Crippen molar-refractivity contribution in [3.63, 3.8) is 0 Å². The van der Waals surface area contributed by atoms with Crippen molar-refractivity contribution in [1.29, 1.82) is 0 Å². The molecule has 0 aromatic carbocycles. The summed E-state index contributed by atoms with van der Waals surface area (Å²) in [5.74, 6) is 0.362. The maximum absolute atomic E-state index is 12.5. The van der Waals surface area contributed by atoms with Crippen LogP contribution in [0.3, 0.4) is 0 Å². The van der Waals surface area contributed by atoms with Crippen molar-refractivity contribution < 1.29 is 52.5 Å². The SMILES string of the molecule is O=C([O][Ti+2][CH]1C2=C(CCCC2)C2=C1CCCC2)C1CCCCC1.[Cl-].[Cl-]. The first-order valence-corrected chi connectivity index (χ1v) is 11.3. The summed E-state index contributed by atoms with van der Waals surface area (Å²) in [5.41, 5.74) is 6.85. The zero-order chi connectivity index (χ0) is 15.6. The summed E-state index contributed by atoms with van der Waals surface area (Å²) < 4.78 is 6.56. The van der Waals surface area contributed by atoms with Gasteiger partial charge in [-0.05, 0) is 0 Å². The first-order chi connectivity index (χ1) is 11.3. The van der Waals surface area contributed by atoms with E-state index in [1.54, 1.807) is 22.3 Å². The number of carbonyl (C=O) groups excluding carboxylic acids is 1. The van der Waals surface area contributed by atoms with Crippen LogP contribution in [0.15, 0.2) is 22.3 Å². The van der Waals surface area contributed by atoms with Gasteiger partial charge >= 0.3 is 150 Å². The molecule has 0 spiro atoms. The Bertz CT molecular complexity index is 518. The van der Waals surface area contributed by atoms with E-state index in [1.807, 2.05) is 0 Å². The third-order valence-electron chi connectivity index (χ3n) is 6.30. The maximum Gasteiger partial charge on any atom is -1.00 e. The number of hydrogen-bond donors (Lipinski definition) is 0. The van der Waals surface area contributed by atoms with Crippen LogP contribution in [0.5, 0.6) is 0 Å². The van der Waals surface area contributed by atoms with E-state index in [4.69, 9.17) is 3.32 Å². The van der Waals surface area contributed by atoms with Crippen LogP contribution in [-0.2, 0) is 27.7 Å². The molecule has 0 aromatic rings. The third-order valence-corrected chi connectivity index (χ3v) is 8.25. The second-order valence-corrected chi connectivity index (χ2v) is 9.32. The number of hydrogen-bond acceptors (Lipinski definition) is 2. The van der Waals surface area contributed by atoms with Gasteiger partial charge in [-0.1, -0.05) is 0 Å². The van der Waals surface area contributed by atoms with Gasteiger partial charge in [0.15, 0.2) is 0 Å². The third kappa shape index (κ3) is 4.57. The molecule has 1 saturated carbocycles. The Morgan fingerprint density at radius 1 is 0.760 bits per heavy atom. The summed E-state index contributed by atoms with van der Waals surface area (Å²) in [4.78, 5) is 12.5. The van der Waals surface area contributed by atoms with Crippen LogP contribution in [0.25, 0.3) is 0 Å². The topological polar surface area (TPSA) is 26.3 Å². The molecule has 0 amide bonds. The van der Waals surface area contributed by atoms with Crippen molar-refractivity contribution in [2.24, 2.45) is 5.92 Å². The maximum atomic E-state index is 12.5. The molecule has 0 atom stereocenters. The predicted molar refractivity (Wildman–Crippen MR) is 87.4 cm³/mol. The summed E-state index contributed by atoms with van der Waals surface area (Å²) in [6.07, 6.45) is 16.4. The zero-order valence-corrected chi connectivity index (χ0v) is 18.0. The second-order valence-electron chi connectivity index (χ2n) is 7.73. The van der Waals surface area contributed by atoms with Crippen molar-refractivity contribution >= 4 is 5.97 Å². The van der Waals surface area contributed by atoms with Crippen LogP contribution in [0.1, 0.15) is 83.5 Å². The molecule has 1 fully saturated rings. The zero-order valence-electron chi connectivity index (χ0n) is 14.9. The van der Waals surface area contributed by atoms with Crippen LogP contribution >= 0.6 is 0 Å². The summed E-state index contributed by atoms with van der Waals surface area (Å²) >= 11 is -0.658. The normalized spacial score (nSPS) is 23.8. The van der Waals surface area contributed by atoms with Gasteiger partial charge in [0, 0.05) is 0 Å². The van der Waals surface area contributed by atoms with E-state index in [0.717, 1.165) is 12.8 Å². The number of carbonyl (C=O) groups is 1. The molecule has 0 saturated heterocycles. The molecular formula is C20H28Cl2O2Ti. The molecule has 0 bridgehead atoms. The average molecular weight is 419 g/mol. The molecule has 4 aliphatic carbocycles. The fourth-order valence-corrected chi connectivity index (χ4v) is 7.14. The number of halogens is 2. The van der Waals surface area contributed by atoms with E-state index in [-0.39, 0.29) is 36.7 Å². The molecule has 138 valence electrons. The smallest absolute Gasteiger partial charge is 1.00 e. The predicted octanol–water partition coefficient (Wildman–Crippen LogP) is -0.341. The Kier molecular flexibility index (Phi) is 8.59. The van der Waals surface area contributed by atoms with Crippen molar-refractivity contribution in [1.82, 2.24) is 0 Å². The molecule has 4 rings (SSSR count). The molecule has 0 unspecified atom stereocenters. The van der Waals surface area contributed by atoms with Gasteiger partial charge in [0.05, 0.1) is 0 Å². The van der Waals surface area contributed by atoms with Gasteiger partial charge in [-0.15, -0.1) is 0 Å². The average Bonchev–Trinajstić information content (AvgIpc) is 2.94. The van der Waals surface area contributed by atoms with Crippen LogP contribution in [0, 0.1) is 5.92 Å². The summed E-state index contributed by atoms with van der Waals surface area (Å²) in [7, 11) is 0. The minimum atomic E-state index is -0.658. The minimum Gasteiger partial charge on any atom is -1.00 e. The number of allylic oxidation sites excluding steroid dienone is 4. The van der Waals surface area contributed by atoms with Crippen LogP contribution in [0.2, 0.25) is 4.22 Å². The monoisotopic (exact) mass is 418 g/mol. The molecule has 25 heavy (non-hydrogen) atoms. The van der Waals surface area contributed by atoms with Crippen LogP contribution in [-0.4, -0.2) is 5.97 Å². The largest absolute Gasteiger partial charge is 1.00 e. The first kappa shape index (κ1) is 21.5. The van der Waals surface area contributed by atoms with E-state index in [1.165, 1.54) is 70.6 Å². The number of fused-ring (bicyclic) bond motifs is 1. The molecule has 2 nitrogen and oxygen atoms in total. The summed E-state index contributed by atoms with van der Waals surface area (Å²) in [6, 6.07) is 0. The Morgan fingerprint density at radius 3 is 1.84 bits per heavy atom. The molecule has 0 aromatic heterocycles. The molecule has 0 heterocycles. The molecule has 4 aliphatic rings. The van der Waals surface area contributed by atoms with Crippen molar-refractivity contribution in [3.8, 4) is 0 Å². The standard InChI is InChI=1S/C13H17.C7H12O2.2ClH.Ti/c1-3-7-12-10(5-1)9-11-6-2-4-8-13(11)12;8-7(9)6-4-2-1-3-5-6;;;/h9H,1-8H2;6H,1-5H2,(H,8,9);2*1H;/q;;;;+3/p-3.